The highest BCUT2D eigenvalue weighted by atomic mass is 14.1. The molecular formula is C24H46. The Hall–Kier alpha value is -0.780. The first kappa shape index (κ1) is 25.5. The molecule has 0 atom stereocenters. The average Bonchev–Trinajstić information content (AvgIpc) is 2.36. The molecule has 0 fully saturated rings. The van der Waals surface area contributed by atoms with E-state index in [0.29, 0.717) is 11.8 Å². The number of hydrogen-bond donors (Lipinski definition) is 0. The zero-order valence-corrected chi connectivity index (χ0v) is 18.8. The Balaban J connectivity index is 0. The summed E-state index contributed by atoms with van der Waals surface area (Å²) in [6.07, 6.45) is 1.36. The normalized spacial score (nSPS) is 10.9. The molecule has 1 aromatic carbocycles. The summed E-state index contributed by atoms with van der Waals surface area (Å²) in [4.78, 5) is 0. The van der Waals surface area contributed by atoms with E-state index in [4.69, 9.17) is 0 Å². The second kappa shape index (κ2) is 13.5. The molecule has 0 saturated carbocycles. The molecule has 0 N–H and O–H groups in total. The van der Waals surface area contributed by atoms with E-state index in [-0.39, 0.29) is 0 Å². The van der Waals surface area contributed by atoms with E-state index < -0.39 is 0 Å². The first-order valence-corrected chi connectivity index (χ1v) is 9.99. The first-order chi connectivity index (χ1) is 10.9. The monoisotopic (exact) mass is 334 g/mol. The SMILES string of the molecule is CC(C)C.CC(C)CC(C)C.Cc1c(C(C)C)cccc1C(C)C. The maximum atomic E-state index is 2.26. The van der Waals surface area contributed by atoms with Crippen molar-refractivity contribution in [1.82, 2.24) is 0 Å². The molecule has 0 spiro atoms. The predicted molar refractivity (Wildman–Crippen MR) is 114 cm³/mol. The van der Waals surface area contributed by atoms with Crippen molar-refractivity contribution in [3.05, 3.63) is 34.9 Å². The Morgan fingerprint density at radius 3 is 1.08 bits per heavy atom. The van der Waals surface area contributed by atoms with Crippen LogP contribution in [0.1, 0.15) is 111 Å². The molecule has 0 aliphatic carbocycles. The van der Waals surface area contributed by atoms with Crippen molar-refractivity contribution < 1.29 is 0 Å². The molecule has 0 saturated heterocycles. The van der Waals surface area contributed by atoms with Gasteiger partial charge in [-0.3, -0.25) is 0 Å². The van der Waals surface area contributed by atoms with Gasteiger partial charge in [-0.1, -0.05) is 94.4 Å². The standard InChI is InChI=1S/C13H20.C7H16.C4H10/c1-9(2)12-7-6-8-13(10(3)4)11(12)5;1-6(2)5-7(3)4;1-4(2)3/h6-10H,1-5H3;6-7H,5H2,1-4H3;4H,1-3H3. The zero-order chi connectivity index (χ0) is 19.4. The lowest BCUT2D eigenvalue weighted by molar-refractivity contribution is 0.469. The van der Waals surface area contributed by atoms with Crippen LogP contribution in [0.15, 0.2) is 18.2 Å². The Bertz CT molecular complexity index is 373. The molecule has 142 valence electrons. The summed E-state index contributed by atoms with van der Waals surface area (Å²) in [7, 11) is 0. The molecule has 0 heteroatoms. The maximum absolute atomic E-state index is 2.26. The van der Waals surface area contributed by atoms with Crippen LogP contribution in [0.3, 0.4) is 0 Å². The van der Waals surface area contributed by atoms with Crippen LogP contribution >= 0.6 is 0 Å². The predicted octanol–water partition coefficient (Wildman–Crippen LogP) is 8.59. The highest BCUT2D eigenvalue weighted by molar-refractivity contribution is 5.37. The number of hydrogen-bond acceptors (Lipinski definition) is 0. The van der Waals surface area contributed by atoms with Gasteiger partial charge in [0.1, 0.15) is 0 Å². The molecule has 0 aliphatic rings. The lowest BCUT2D eigenvalue weighted by Gasteiger charge is -2.16. The van der Waals surface area contributed by atoms with Crippen molar-refractivity contribution in [3.8, 4) is 0 Å². The average molecular weight is 335 g/mol. The smallest absolute Gasteiger partial charge is 0.0216 e. The van der Waals surface area contributed by atoms with Gasteiger partial charge in [0.15, 0.2) is 0 Å². The summed E-state index contributed by atoms with van der Waals surface area (Å²) in [5.74, 6) is 3.86. The van der Waals surface area contributed by atoms with Crippen LogP contribution in [-0.2, 0) is 0 Å². The summed E-state index contributed by atoms with van der Waals surface area (Å²) in [5, 5.41) is 0. The lowest BCUT2D eigenvalue weighted by Crippen LogP contribution is -1.98. The van der Waals surface area contributed by atoms with Crippen molar-refractivity contribution in [2.24, 2.45) is 17.8 Å². The first-order valence-electron chi connectivity index (χ1n) is 9.99. The van der Waals surface area contributed by atoms with Crippen molar-refractivity contribution in [1.29, 1.82) is 0 Å². The van der Waals surface area contributed by atoms with E-state index >= 15 is 0 Å². The van der Waals surface area contributed by atoms with Crippen LogP contribution in [0.5, 0.6) is 0 Å². The highest BCUT2D eigenvalue weighted by Crippen LogP contribution is 2.26. The zero-order valence-electron chi connectivity index (χ0n) is 18.8. The summed E-state index contributed by atoms with van der Waals surface area (Å²) < 4.78 is 0. The van der Waals surface area contributed by atoms with Gasteiger partial charge >= 0.3 is 0 Å². The maximum Gasteiger partial charge on any atom is -0.0216 e. The van der Waals surface area contributed by atoms with E-state index in [9.17, 15) is 0 Å². The Morgan fingerprint density at radius 1 is 0.625 bits per heavy atom. The molecule has 0 nitrogen and oxygen atoms in total. The highest BCUT2D eigenvalue weighted by Gasteiger charge is 2.08. The molecule has 1 rings (SSSR count). The van der Waals surface area contributed by atoms with E-state index in [1.54, 1.807) is 0 Å². The Morgan fingerprint density at radius 2 is 0.917 bits per heavy atom. The minimum atomic E-state index is 0.638. The van der Waals surface area contributed by atoms with Crippen LogP contribution < -0.4 is 0 Å². The van der Waals surface area contributed by atoms with Crippen molar-refractivity contribution >= 4 is 0 Å². The fourth-order valence-electron chi connectivity index (χ4n) is 2.87. The molecule has 0 radical (unpaired) electrons. The van der Waals surface area contributed by atoms with Crippen LogP contribution in [-0.4, -0.2) is 0 Å². The van der Waals surface area contributed by atoms with E-state index in [1.165, 1.54) is 23.1 Å². The van der Waals surface area contributed by atoms with Gasteiger partial charge in [0.2, 0.25) is 0 Å². The van der Waals surface area contributed by atoms with Gasteiger partial charge in [0.25, 0.3) is 0 Å². The molecule has 0 aromatic heterocycles. The number of benzene rings is 1. The van der Waals surface area contributed by atoms with E-state index in [0.717, 1.165) is 17.8 Å². The van der Waals surface area contributed by atoms with Gasteiger partial charge in [-0.15, -0.1) is 0 Å². The molecular weight excluding hydrogens is 288 g/mol. The van der Waals surface area contributed by atoms with Crippen molar-refractivity contribution in [3.63, 3.8) is 0 Å². The van der Waals surface area contributed by atoms with Gasteiger partial charge in [-0.2, -0.15) is 0 Å². The van der Waals surface area contributed by atoms with Crippen molar-refractivity contribution in [2.75, 3.05) is 0 Å². The quantitative estimate of drug-likeness (QED) is 0.517. The molecule has 1 aromatic rings. The molecule has 0 amide bonds. The fourth-order valence-corrected chi connectivity index (χ4v) is 2.87. The van der Waals surface area contributed by atoms with E-state index in [1.807, 2.05) is 0 Å². The molecule has 0 aliphatic heterocycles. The lowest BCUT2D eigenvalue weighted by atomic mass is 9.90. The molecule has 24 heavy (non-hydrogen) atoms. The molecule has 0 unspecified atom stereocenters. The third kappa shape index (κ3) is 13.6. The number of rotatable bonds is 4. The van der Waals surface area contributed by atoms with Crippen LogP contribution in [0.25, 0.3) is 0 Å². The minimum absolute atomic E-state index is 0.638. The van der Waals surface area contributed by atoms with Gasteiger partial charge in [0.05, 0.1) is 0 Å². The molecule has 0 bridgehead atoms. The third-order valence-electron chi connectivity index (χ3n) is 3.60. The second-order valence-electron chi connectivity index (χ2n) is 9.13. The third-order valence-corrected chi connectivity index (χ3v) is 3.60. The van der Waals surface area contributed by atoms with Crippen LogP contribution in [0.4, 0.5) is 0 Å². The van der Waals surface area contributed by atoms with Gasteiger partial charge in [-0.05, 0) is 59.6 Å². The summed E-state index contributed by atoms with van der Waals surface area (Å²) in [6, 6.07) is 6.66. The van der Waals surface area contributed by atoms with Crippen molar-refractivity contribution in [2.45, 2.75) is 101 Å². The summed E-state index contributed by atoms with van der Waals surface area (Å²) >= 11 is 0. The summed E-state index contributed by atoms with van der Waals surface area (Å²) in [6.45, 7) is 26.8. The van der Waals surface area contributed by atoms with E-state index in [2.05, 4.69) is 101 Å². The Kier molecular flexibility index (Phi) is 14.3. The Labute approximate surface area is 154 Å². The second-order valence-corrected chi connectivity index (χ2v) is 9.13. The van der Waals surface area contributed by atoms with Crippen LogP contribution in [0, 0.1) is 24.7 Å². The van der Waals surface area contributed by atoms with Gasteiger partial charge in [0, 0.05) is 0 Å². The molecule has 0 heterocycles. The van der Waals surface area contributed by atoms with Gasteiger partial charge < -0.3 is 0 Å². The summed E-state index contributed by atoms with van der Waals surface area (Å²) in [5.41, 5.74) is 4.46. The fraction of sp³-hybridized carbons (Fsp3) is 0.750. The van der Waals surface area contributed by atoms with Gasteiger partial charge in [-0.25, -0.2) is 0 Å². The van der Waals surface area contributed by atoms with Crippen LogP contribution in [0.2, 0.25) is 0 Å². The topological polar surface area (TPSA) is 0 Å². The largest absolute Gasteiger partial charge is 0.0630 e. The minimum Gasteiger partial charge on any atom is -0.0630 e.